The van der Waals surface area contributed by atoms with Crippen molar-refractivity contribution in [1.82, 2.24) is 0 Å². The van der Waals surface area contributed by atoms with Crippen LogP contribution in [0.25, 0.3) is 0 Å². The van der Waals surface area contributed by atoms with E-state index in [0.717, 1.165) is 18.6 Å². The first-order valence-electron chi connectivity index (χ1n) is 5.10. The lowest BCUT2D eigenvalue weighted by molar-refractivity contribution is 0.414. The average Bonchev–Trinajstić information content (AvgIpc) is 2.24. The maximum absolute atomic E-state index is 5.87. The van der Waals surface area contributed by atoms with E-state index in [9.17, 15) is 0 Å². The Balaban J connectivity index is 0.000000791. The van der Waals surface area contributed by atoms with Crippen molar-refractivity contribution in [2.24, 2.45) is 0 Å². The number of benzene rings is 1. The maximum Gasteiger partial charge on any atom is 0.137 e. The molecule has 0 amide bonds. The normalized spacial score (nSPS) is 8.93. The number of ether oxygens (including phenoxy) is 1. The zero-order chi connectivity index (χ0) is 11.0. The quantitative estimate of drug-likeness (QED) is 0.728. The number of hydrogen-bond acceptors (Lipinski definition) is 1. The van der Waals surface area contributed by atoms with Crippen LogP contribution in [0, 0.1) is 0 Å². The minimum atomic E-state index is 0.678. The smallest absolute Gasteiger partial charge is 0.137 e. The molecule has 0 heterocycles. The molecular formula is C12H19ClO. The molecule has 0 aromatic heterocycles. The molecular weight excluding hydrogens is 196 g/mol. The van der Waals surface area contributed by atoms with Gasteiger partial charge in [-0.05, 0) is 24.1 Å². The lowest BCUT2D eigenvalue weighted by Gasteiger charge is -2.04. The van der Waals surface area contributed by atoms with Crippen LogP contribution in [0.15, 0.2) is 18.2 Å². The van der Waals surface area contributed by atoms with Gasteiger partial charge in [0.05, 0.1) is 12.1 Å². The van der Waals surface area contributed by atoms with Crippen molar-refractivity contribution < 1.29 is 4.74 Å². The number of aryl methyl sites for hydroxylation is 1. The second-order valence-electron chi connectivity index (χ2n) is 2.72. The van der Waals surface area contributed by atoms with Gasteiger partial charge in [0.2, 0.25) is 0 Å². The van der Waals surface area contributed by atoms with Crippen LogP contribution in [0.1, 0.15) is 32.8 Å². The number of hydrogen-bond donors (Lipinski definition) is 0. The molecule has 1 rings (SSSR count). The molecule has 0 fully saturated rings. The van der Waals surface area contributed by atoms with Gasteiger partial charge in [-0.3, -0.25) is 0 Å². The van der Waals surface area contributed by atoms with Gasteiger partial charge in [0, 0.05) is 0 Å². The molecule has 0 aliphatic heterocycles. The van der Waals surface area contributed by atoms with Crippen molar-refractivity contribution in [3.05, 3.63) is 28.8 Å². The molecule has 2 heteroatoms. The van der Waals surface area contributed by atoms with Crippen LogP contribution in [0.3, 0.4) is 0 Å². The molecule has 0 saturated carbocycles. The van der Waals surface area contributed by atoms with Crippen molar-refractivity contribution in [2.45, 2.75) is 33.6 Å². The summed E-state index contributed by atoms with van der Waals surface area (Å²) in [6.45, 7) is 6.15. The van der Waals surface area contributed by atoms with Gasteiger partial charge in [-0.15, -0.1) is 0 Å². The van der Waals surface area contributed by atoms with Gasteiger partial charge in [0.25, 0.3) is 0 Å². The Labute approximate surface area is 92.0 Å². The summed E-state index contributed by atoms with van der Waals surface area (Å²) in [7, 11) is 1.64. The fraction of sp³-hybridized carbons (Fsp3) is 0.500. The van der Waals surface area contributed by atoms with Crippen LogP contribution in [0.4, 0.5) is 0 Å². The van der Waals surface area contributed by atoms with E-state index in [1.165, 1.54) is 5.56 Å². The molecule has 0 spiro atoms. The predicted octanol–water partition coefficient (Wildman–Crippen LogP) is 4.33. The lowest BCUT2D eigenvalue weighted by Crippen LogP contribution is -1.87. The lowest BCUT2D eigenvalue weighted by atomic mass is 10.1. The standard InChI is InChI=1S/C10H13ClO.C2H6/c1-3-4-8-5-6-9(11)10(7-8)12-2;1-2/h5-7H,3-4H2,1-2H3;1-2H3. The number of halogens is 1. The van der Waals surface area contributed by atoms with Crippen LogP contribution in [0.2, 0.25) is 5.02 Å². The summed E-state index contributed by atoms with van der Waals surface area (Å²) in [5.74, 6) is 0.766. The van der Waals surface area contributed by atoms with E-state index in [2.05, 4.69) is 6.92 Å². The first-order chi connectivity index (χ1) is 6.77. The van der Waals surface area contributed by atoms with E-state index in [4.69, 9.17) is 16.3 Å². The second-order valence-corrected chi connectivity index (χ2v) is 3.13. The monoisotopic (exact) mass is 214 g/mol. The summed E-state index contributed by atoms with van der Waals surface area (Å²) in [6.07, 6.45) is 2.22. The molecule has 0 bridgehead atoms. The third-order valence-electron chi connectivity index (χ3n) is 1.75. The fourth-order valence-corrected chi connectivity index (χ4v) is 1.34. The molecule has 0 N–H and O–H groups in total. The largest absolute Gasteiger partial charge is 0.495 e. The number of rotatable bonds is 3. The molecule has 0 unspecified atom stereocenters. The maximum atomic E-state index is 5.87. The Morgan fingerprint density at radius 2 is 1.93 bits per heavy atom. The summed E-state index contributed by atoms with van der Waals surface area (Å²) in [5.41, 5.74) is 1.28. The van der Waals surface area contributed by atoms with Gasteiger partial charge in [0.15, 0.2) is 0 Å². The van der Waals surface area contributed by atoms with Crippen molar-refractivity contribution in [1.29, 1.82) is 0 Å². The van der Waals surface area contributed by atoms with Crippen molar-refractivity contribution in [3.8, 4) is 5.75 Å². The zero-order valence-corrected chi connectivity index (χ0v) is 10.2. The minimum absolute atomic E-state index is 0.678. The molecule has 0 atom stereocenters. The minimum Gasteiger partial charge on any atom is -0.495 e. The third-order valence-corrected chi connectivity index (χ3v) is 2.07. The molecule has 1 nitrogen and oxygen atoms in total. The van der Waals surface area contributed by atoms with Crippen LogP contribution in [0.5, 0.6) is 5.75 Å². The van der Waals surface area contributed by atoms with E-state index >= 15 is 0 Å². The van der Waals surface area contributed by atoms with Gasteiger partial charge >= 0.3 is 0 Å². The summed E-state index contributed by atoms with van der Waals surface area (Å²) in [5, 5.41) is 0.678. The summed E-state index contributed by atoms with van der Waals surface area (Å²) in [6, 6.07) is 5.91. The Hall–Kier alpha value is -0.690. The van der Waals surface area contributed by atoms with Crippen molar-refractivity contribution in [3.63, 3.8) is 0 Å². The van der Waals surface area contributed by atoms with Crippen molar-refractivity contribution in [2.75, 3.05) is 7.11 Å². The Kier molecular flexibility index (Phi) is 7.31. The zero-order valence-electron chi connectivity index (χ0n) is 9.43. The molecule has 80 valence electrons. The van der Waals surface area contributed by atoms with Gasteiger partial charge in [-0.25, -0.2) is 0 Å². The topological polar surface area (TPSA) is 9.23 Å². The van der Waals surface area contributed by atoms with Crippen LogP contribution < -0.4 is 4.74 Å². The van der Waals surface area contributed by atoms with E-state index < -0.39 is 0 Å². The molecule has 0 aliphatic carbocycles. The number of methoxy groups -OCH3 is 1. The summed E-state index contributed by atoms with van der Waals surface area (Å²) in [4.78, 5) is 0. The second kappa shape index (κ2) is 7.69. The van der Waals surface area contributed by atoms with E-state index in [0.29, 0.717) is 5.02 Å². The highest BCUT2D eigenvalue weighted by molar-refractivity contribution is 6.32. The first-order valence-corrected chi connectivity index (χ1v) is 5.48. The highest BCUT2D eigenvalue weighted by Gasteiger charge is 2.00. The van der Waals surface area contributed by atoms with Gasteiger partial charge in [0.1, 0.15) is 5.75 Å². The van der Waals surface area contributed by atoms with Crippen molar-refractivity contribution >= 4 is 11.6 Å². The first kappa shape index (κ1) is 13.3. The highest BCUT2D eigenvalue weighted by atomic mass is 35.5. The van der Waals surface area contributed by atoms with Gasteiger partial charge in [-0.1, -0.05) is 44.9 Å². The Morgan fingerprint density at radius 1 is 1.29 bits per heavy atom. The third kappa shape index (κ3) is 4.01. The summed E-state index contributed by atoms with van der Waals surface area (Å²) >= 11 is 5.87. The van der Waals surface area contributed by atoms with E-state index in [1.807, 2.05) is 32.0 Å². The van der Waals surface area contributed by atoms with Crippen LogP contribution in [-0.4, -0.2) is 7.11 Å². The van der Waals surface area contributed by atoms with Gasteiger partial charge < -0.3 is 4.74 Å². The van der Waals surface area contributed by atoms with E-state index in [-0.39, 0.29) is 0 Å². The molecule has 0 aliphatic rings. The SMILES string of the molecule is CC.CCCc1ccc(Cl)c(OC)c1. The molecule has 14 heavy (non-hydrogen) atoms. The van der Waals surface area contributed by atoms with E-state index in [1.54, 1.807) is 7.11 Å². The Bertz CT molecular complexity index is 258. The summed E-state index contributed by atoms with van der Waals surface area (Å²) < 4.78 is 5.10. The predicted molar refractivity (Wildman–Crippen MR) is 63.3 cm³/mol. The molecule has 0 radical (unpaired) electrons. The highest BCUT2D eigenvalue weighted by Crippen LogP contribution is 2.25. The molecule has 1 aromatic rings. The van der Waals surface area contributed by atoms with Gasteiger partial charge in [-0.2, -0.15) is 0 Å². The molecule has 1 aromatic carbocycles. The molecule has 0 saturated heterocycles. The fourth-order valence-electron chi connectivity index (χ4n) is 1.15. The Morgan fingerprint density at radius 3 is 2.43 bits per heavy atom. The van der Waals surface area contributed by atoms with Crippen LogP contribution >= 0.6 is 11.6 Å². The average molecular weight is 215 g/mol. The van der Waals surface area contributed by atoms with Crippen LogP contribution in [-0.2, 0) is 6.42 Å².